The maximum Gasteiger partial charge on any atom is 0.314 e. The van der Waals surface area contributed by atoms with Gasteiger partial charge in [-0.15, -0.1) is 0 Å². The van der Waals surface area contributed by atoms with Crippen LogP contribution in [-0.2, 0) is 0 Å². The Morgan fingerprint density at radius 3 is 2.40 bits per heavy atom. The first kappa shape index (κ1) is 14.3. The summed E-state index contributed by atoms with van der Waals surface area (Å²) in [5.74, 6) is 0.706. The van der Waals surface area contributed by atoms with Gasteiger partial charge in [-0.2, -0.15) is 0 Å². The zero-order valence-electron chi connectivity index (χ0n) is 10.6. The second kappa shape index (κ2) is 8.57. The van der Waals surface area contributed by atoms with E-state index < -0.39 is 0 Å². The van der Waals surface area contributed by atoms with Crippen molar-refractivity contribution >= 4 is 6.03 Å². The molecule has 3 nitrogen and oxygen atoms in total. The van der Waals surface area contributed by atoms with E-state index in [0.29, 0.717) is 5.92 Å². The molecule has 0 saturated carbocycles. The molecule has 0 aromatic carbocycles. The Kier molecular flexibility index (Phi) is 8.15. The molecule has 2 N–H and O–H groups in total. The van der Waals surface area contributed by atoms with Gasteiger partial charge >= 0.3 is 6.03 Å². The minimum absolute atomic E-state index is 0.0280. The van der Waals surface area contributed by atoms with Crippen LogP contribution < -0.4 is 10.6 Å². The average Bonchev–Trinajstić information content (AvgIpc) is 2.15. The third-order valence-electron chi connectivity index (χ3n) is 2.37. The van der Waals surface area contributed by atoms with E-state index in [4.69, 9.17) is 0 Å². The summed E-state index contributed by atoms with van der Waals surface area (Å²) in [5.41, 5.74) is 0. The maximum absolute atomic E-state index is 11.4. The molecule has 0 spiro atoms. The standard InChI is InChI=1S/C12H26N2O/c1-5-6-9-13-12(15)14-11(4)8-7-10(2)3/h10-11H,5-9H2,1-4H3,(H2,13,14,15). The Morgan fingerprint density at radius 1 is 1.20 bits per heavy atom. The fourth-order valence-electron chi connectivity index (χ4n) is 1.31. The number of hydrogen-bond donors (Lipinski definition) is 2. The van der Waals surface area contributed by atoms with E-state index in [-0.39, 0.29) is 12.1 Å². The van der Waals surface area contributed by atoms with E-state index in [2.05, 4.69) is 38.3 Å². The molecule has 90 valence electrons. The van der Waals surface area contributed by atoms with Crippen molar-refractivity contribution in [2.75, 3.05) is 6.54 Å². The monoisotopic (exact) mass is 214 g/mol. The van der Waals surface area contributed by atoms with E-state index in [1.165, 1.54) is 0 Å². The van der Waals surface area contributed by atoms with Crippen molar-refractivity contribution in [3.8, 4) is 0 Å². The Morgan fingerprint density at radius 2 is 1.87 bits per heavy atom. The molecule has 0 fully saturated rings. The van der Waals surface area contributed by atoms with Gasteiger partial charge in [-0.05, 0) is 32.1 Å². The summed E-state index contributed by atoms with van der Waals surface area (Å²) in [5, 5.41) is 5.80. The summed E-state index contributed by atoms with van der Waals surface area (Å²) >= 11 is 0. The molecule has 0 radical (unpaired) electrons. The van der Waals surface area contributed by atoms with Gasteiger partial charge in [0.2, 0.25) is 0 Å². The van der Waals surface area contributed by atoms with Crippen molar-refractivity contribution in [3.05, 3.63) is 0 Å². The fraction of sp³-hybridized carbons (Fsp3) is 0.917. The molecule has 0 heterocycles. The molecule has 0 bridgehead atoms. The molecule has 2 amide bonds. The number of carbonyl (C=O) groups excluding carboxylic acids is 1. The minimum Gasteiger partial charge on any atom is -0.338 e. The predicted octanol–water partition coefficient (Wildman–Crippen LogP) is 2.91. The van der Waals surface area contributed by atoms with Crippen LogP contribution in [0, 0.1) is 5.92 Å². The summed E-state index contributed by atoms with van der Waals surface area (Å²) in [7, 11) is 0. The van der Waals surface area contributed by atoms with Gasteiger partial charge in [0.05, 0.1) is 0 Å². The van der Waals surface area contributed by atoms with E-state index in [9.17, 15) is 4.79 Å². The Bertz CT molecular complexity index is 169. The van der Waals surface area contributed by atoms with Crippen LogP contribution in [0.15, 0.2) is 0 Å². The van der Waals surface area contributed by atoms with Crippen LogP contribution in [0.1, 0.15) is 53.4 Å². The van der Waals surface area contributed by atoms with Crippen molar-refractivity contribution in [1.82, 2.24) is 10.6 Å². The van der Waals surface area contributed by atoms with Crippen LogP contribution >= 0.6 is 0 Å². The van der Waals surface area contributed by atoms with Crippen LogP contribution in [0.4, 0.5) is 4.79 Å². The topological polar surface area (TPSA) is 41.1 Å². The molecule has 1 atom stereocenters. The lowest BCUT2D eigenvalue weighted by atomic mass is 10.0. The van der Waals surface area contributed by atoms with E-state index in [0.717, 1.165) is 32.2 Å². The number of hydrogen-bond acceptors (Lipinski definition) is 1. The molecule has 0 aliphatic carbocycles. The molecule has 0 aromatic heterocycles. The van der Waals surface area contributed by atoms with E-state index in [1.54, 1.807) is 0 Å². The highest BCUT2D eigenvalue weighted by atomic mass is 16.2. The summed E-state index contributed by atoms with van der Waals surface area (Å²) in [6.07, 6.45) is 4.38. The lowest BCUT2D eigenvalue weighted by molar-refractivity contribution is 0.236. The van der Waals surface area contributed by atoms with E-state index >= 15 is 0 Å². The van der Waals surface area contributed by atoms with Crippen LogP contribution in [0.3, 0.4) is 0 Å². The van der Waals surface area contributed by atoms with Gasteiger partial charge in [0.25, 0.3) is 0 Å². The molecular formula is C12H26N2O. The number of nitrogens with one attached hydrogen (secondary N) is 2. The molecule has 15 heavy (non-hydrogen) atoms. The number of carbonyl (C=O) groups is 1. The van der Waals surface area contributed by atoms with Crippen LogP contribution in [-0.4, -0.2) is 18.6 Å². The molecular weight excluding hydrogens is 188 g/mol. The Hall–Kier alpha value is -0.730. The molecule has 0 saturated heterocycles. The smallest absolute Gasteiger partial charge is 0.314 e. The quantitative estimate of drug-likeness (QED) is 0.629. The lowest BCUT2D eigenvalue weighted by Crippen LogP contribution is -2.41. The second-order valence-electron chi connectivity index (χ2n) is 4.63. The molecule has 1 unspecified atom stereocenters. The Balaban J connectivity index is 3.49. The summed E-state index contributed by atoms with van der Waals surface area (Å²) in [4.78, 5) is 11.4. The number of unbranched alkanes of at least 4 members (excludes halogenated alkanes) is 1. The number of amides is 2. The van der Waals surface area contributed by atoms with Gasteiger partial charge in [-0.1, -0.05) is 27.2 Å². The Labute approximate surface area is 94.0 Å². The van der Waals surface area contributed by atoms with Crippen molar-refractivity contribution in [2.45, 2.75) is 59.4 Å². The lowest BCUT2D eigenvalue weighted by Gasteiger charge is -2.15. The van der Waals surface area contributed by atoms with Gasteiger partial charge in [0.1, 0.15) is 0 Å². The molecule has 3 heteroatoms. The molecule has 0 aliphatic heterocycles. The summed E-state index contributed by atoms with van der Waals surface area (Å²) in [6.45, 7) is 9.36. The van der Waals surface area contributed by atoms with Gasteiger partial charge < -0.3 is 10.6 Å². The average molecular weight is 214 g/mol. The fourth-order valence-corrected chi connectivity index (χ4v) is 1.31. The minimum atomic E-state index is -0.0280. The molecule has 0 rings (SSSR count). The van der Waals surface area contributed by atoms with E-state index in [1.807, 2.05) is 0 Å². The van der Waals surface area contributed by atoms with Gasteiger partial charge in [0, 0.05) is 12.6 Å². The molecule has 0 aliphatic rings. The SMILES string of the molecule is CCCCNC(=O)NC(C)CCC(C)C. The first-order valence-electron chi connectivity index (χ1n) is 6.10. The van der Waals surface area contributed by atoms with Crippen molar-refractivity contribution in [3.63, 3.8) is 0 Å². The summed E-state index contributed by atoms with van der Waals surface area (Å²) < 4.78 is 0. The highest BCUT2D eigenvalue weighted by Crippen LogP contribution is 2.05. The highest BCUT2D eigenvalue weighted by molar-refractivity contribution is 5.74. The van der Waals surface area contributed by atoms with Gasteiger partial charge in [-0.25, -0.2) is 4.79 Å². The van der Waals surface area contributed by atoms with Crippen molar-refractivity contribution in [2.24, 2.45) is 5.92 Å². The van der Waals surface area contributed by atoms with Gasteiger partial charge in [-0.3, -0.25) is 0 Å². The highest BCUT2D eigenvalue weighted by Gasteiger charge is 2.06. The normalized spacial score (nSPS) is 12.6. The molecule has 0 aromatic rings. The first-order valence-corrected chi connectivity index (χ1v) is 6.10. The first-order chi connectivity index (χ1) is 7.06. The van der Waals surface area contributed by atoms with Crippen LogP contribution in [0.2, 0.25) is 0 Å². The van der Waals surface area contributed by atoms with Crippen molar-refractivity contribution < 1.29 is 4.79 Å². The predicted molar refractivity (Wildman–Crippen MR) is 65.0 cm³/mol. The third kappa shape index (κ3) is 9.57. The zero-order valence-corrected chi connectivity index (χ0v) is 10.6. The largest absolute Gasteiger partial charge is 0.338 e. The second-order valence-corrected chi connectivity index (χ2v) is 4.63. The summed E-state index contributed by atoms with van der Waals surface area (Å²) in [6, 6.07) is 0.244. The van der Waals surface area contributed by atoms with Crippen molar-refractivity contribution in [1.29, 1.82) is 0 Å². The third-order valence-corrected chi connectivity index (χ3v) is 2.37. The zero-order chi connectivity index (χ0) is 11.7. The van der Waals surface area contributed by atoms with Gasteiger partial charge in [0.15, 0.2) is 0 Å². The van der Waals surface area contributed by atoms with Crippen LogP contribution in [0.5, 0.6) is 0 Å². The number of rotatable bonds is 7. The van der Waals surface area contributed by atoms with Crippen LogP contribution in [0.25, 0.3) is 0 Å². The maximum atomic E-state index is 11.4. The number of urea groups is 1.